The molecule has 0 radical (unpaired) electrons. The lowest BCUT2D eigenvalue weighted by atomic mass is 9.99. The molecular weight excluding hydrogens is 500 g/mol. The Kier molecular flexibility index (Phi) is 6.01. The molecule has 0 saturated heterocycles. The van der Waals surface area contributed by atoms with Gasteiger partial charge in [0.05, 0.1) is 4.47 Å². The Morgan fingerprint density at radius 2 is 1.90 bits per heavy atom. The van der Waals surface area contributed by atoms with Crippen LogP contribution in [0.4, 0.5) is 4.39 Å². The van der Waals surface area contributed by atoms with E-state index in [4.69, 9.17) is 0 Å². The zero-order valence-corrected chi connectivity index (χ0v) is 16.1. The third-order valence-electron chi connectivity index (χ3n) is 3.11. The van der Waals surface area contributed by atoms with Gasteiger partial charge in [-0.05, 0) is 93.4 Å². The van der Waals surface area contributed by atoms with Crippen molar-refractivity contribution in [2.24, 2.45) is 0 Å². The predicted octanol–water partition coefficient (Wildman–Crippen LogP) is 5.46. The summed E-state index contributed by atoms with van der Waals surface area (Å²) in [4.78, 5) is 0. The van der Waals surface area contributed by atoms with Crippen LogP contribution >= 0.6 is 54.5 Å². The highest BCUT2D eigenvalue weighted by Gasteiger charge is 2.14. The normalized spacial score (nSPS) is 12.4. The van der Waals surface area contributed by atoms with Gasteiger partial charge in [0.1, 0.15) is 5.82 Å². The first-order valence-electron chi connectivity index (χ1n) is 6.07. The highest BCUT2D eigenvalue weighted by Crippen LogP contribution is 2.28. The lowest BCUT2D eigenvalue weighted by molar-refractivity contribution is 0.585. The molecule has 0 heterocycles. The highest BCUT2D eigenvalue weighted by molar-refractivity contribution is 14.1. The molecule has 2 rings (SSSR count). The molecule has 1 nitrogen and oxygen atoms in total. The molecule has 1 N–H and O–H groups in total. The molecule has 2 aromatic rings. The van der Waals surface area contributed by atoms with Gasteiger partial charge in [-0.2, -0.15) is 0 Å². The lowest BCUT2D eigenvalue weighted by Gasteiger charge is -2.19. The van der Waals surface area contributed by atoms with Crippen molar-refractivity contribution in [3.63, 3.8) is 0 Å². The van der Waals surface area contributed by atoms with E-state index in [1.165, 1.54) is 15.2 Å². The van der Waals surface area contributed by atoms with Crippen molar-refractivity contribution in [2.45, 2.75) is 12.5 Å². The number of hydrogen-bond acceptors (Lipinski definition) is 1. The highest BCUT2D eigenvalue weighted by atomic mass is 127. The number of halogens is 4. The van der Waals surface area contributed by atoms with Crippen LogP contribution < -0.4 is 5.32 Å². The molecule has 0 spiro atoms. The average molecular weight is 513 g/mol. The quantitative estimate of drug-likeness (QED) is 0.537. The van der Waals surface area contributed by atoms with Crippen molar-refractivity contribution in [1.82, 2.24) is 5.32 Å². The molecule has 0 aliphatic heterocycles. The van der Waals surface area contributed by atoms with E-state index in [-0.39, 0.29) is 11.9 Å². The van der Waals surface area contributed by atoms with Crippen LogP contribution in [0.1, 0.15) is 17.2 Å². The average Bonchev–Trinajstić information content (AvgIpc) is 2.43. The zero-order chi connectivity index (χ0) is 14.7. The topological polar surface area (TPSA) is 12.0 Å². The smallest absolute Gasteiger partial charge is 0.137 e. The zero-order valence-electron chi connectivity index (χ0n) is 10.8. The van der Waals surface area contributed by atoms with Crippen molar-refractivity contribution in [1.29, 1.82) is 0 Å². The van der Waals surface area contributed by atoms with Crippen molar-refractivity contribution in [3.05, 3.63) is 65.9 Å². The lowest BCUT2D eigenvalue weighted by Crippen LogP contribution is -2.19. The molecule has 2 aromatic carbocycles. The minimum atomic E-state index is -0.231. The van der Waals surface area contributed by atoms with Crippen molar-refractivity contribution >= 4 is 54.5 Å². The second kappa shape index (κ2) is 7.33. The van der Waals surface area contributed by atoms with Crippen LogP contribution in [-0.4, -0.2) is 7.05 Å². The molecule has 1 atom stereocenters. The Bertz CT molecular complexity index is 619. The van der Waals surface area contributed by atoms with E-state index in [9.17, 15) is 4.39 Å². The number of hydrogen-bond donors (Lipinski definition) is 1. The van der Waals surface area contributed by atoms with Gasteiger partial charge < -0.3 is 5.32 Å². The molecule has 1 unspecified atom stereocenters. The summed E-state index contributed by atoms with van der Waals surface area (Å²) < 4.78 is 16.1. The van der Waals surface area contributed by atoms with Crippen LogP contribution in [0.5, 0.6) is 0 Å². The van der Waals surface area contributed by atoms with Gasteiger partial charge in [-0.3, -0.25) is 0 Å². The number of benzene rings is 2. The van der Waals surface area contributed by atoms with E-state index in [0.717, 1.165) is 16.5 Å². The molecular formula is C15H13Br2FIN. The van der Waals surface area contributed by atoms with Crippen LogP contribution in [0.25, 0.3) is 0 Å². The number of likely N-dealkylation sites (N-methyl/N-ethyl adjacent to an activating group) is 1. The molecule has 0 aromatic heterocycles. The van der Waals surface area contributed by atoms with E-state index in [2.05, 4.69) is 78.0 Å². The molecule has 5 heteroatoms. The summed E-state index contributed by atoms with van der Waals surface area (Å²) in [5, 5.41) is 3.33. The molecule has 0 amide bonds. The fourth-order valence-electron chi connectivity index (χ4n) is 2.05. The van der Waals surface area contributed by atoms with Gasteiger partial charge in [-0.25, -0.2) is 4.39 Å². The van der Waals surface area contributed by atoms with Gasteiger partial charge in [0.25, 0.3) is 0 Å². The Hall–Kier alpha value is 0.0200. The van der Waals surface area contributed by atoms with Crippen LogP contribution in [-0.2, 0) is 6.42 Å². The molecule has 106 valence electrons. The SMILES string of the molecule is CNC(Cc1ccc(F)c(Br)c1)c1cc(I)ccc1Br. The molecule has 0 aliphatic carbocycles. The van der Waals surface area contributed by atoms with Gasteiger partial charge in [-0.1, -0.05) is 22.0 Å². The van der Waals surface area contributed by atoms with E-state index < -0.39 is 0 Å². The first kappa shape index (κ1) is 16.4. The van der Waals surface area contributed by atoms with Gasteiger partial charge in [0.2, 0.25) is 0 Å². The Labute approximate surface area is 148 Å². The predicted molar refractivity (Wildman–Crippen MR) is 96.5 cm³/mol. The molecule has 0 aliphatic rings. The molecule has 0 fully saturated rings. The van der Waals surface area contributed by atoms with Crippen molar-refractivity contribution < 1.29 is 4.39 Å². The second-order valence-corrected chi connectivity index (χ2v) is 7.41. The second-order valence-electron chi connectivity index (χ2n) is 4.46. The maximum absolute atomic E-state index is 13.3. The van der Waals surface area contributed by atoms with Gasteiger partial charge in [0.15, 0.2) is 0 Å². The van der Waals surface area contributed by atoms with E-state index in [1.807, 2.05) is 19.2 Å². The van der Waals surface area contributed by atoms with E-state index in [1.54, 1.807) is 0 Å². The van der Waals surface area contributed by atoms with Crippen molar-refractivity contribution in [3.8, 4) is 0 Å². The summed E-state index contributed by atoms with van der Waals surface area (Å²) in [6.07, 6.45) is 0.800. The van der Waals surface area contributed by atoms with Gasteiger partial charge in [-0.15, -0.1) is 0 Å². The van der Waals surface area contributed by atoms with Crippen LogP contribution in [0.3, 0.4) is 0 Å². The summed E-state index contributed by atoms with van der Waals surface area (Å²) in [6.45, 7) is 0. The Morgan fingerprint density at radius 3 is 2.55 bits per heavy atom. The Morgan fingerprint density at radius 1 is 1.15 bits per heavy atom. The Balaban J connectivity index is 2.28. The van der Waals surface area contributed by atoms with Gasteiger partial charge >= 0.3 is 0 Å². The maximum Gasteiger partial charge on any atom is 0.137 e. The minimum Gasteiger partial charge on any atom is -0.313 e. The van der Waals surface area contributed by atoms with E-state index in [0.29, 0.717) is 4.47 Å². The summed E-state index contributed by atoms with van der Waals surface area (Å²) >= 11 is 9.14. The first-order chi connectivity index (χ1) is 9.51. The molecule has 20 heavy (non-hydrogen) atoms. The summed E-state index contributed by atoms with van der Waals surface area (Å²) in [5.41, 5.74) is 2.29. The molecule has 0 saturated carbocycles. The van der Waals surface area contributed by atoms with Gasteiger partial charge in [0, 0.05) is 14.1 Å². The molecule has 0 bridgehead atoms. The third kappa shape index (κ3) is 4.02. The third-order valence-corrected chi connectivity index (χ3v) is 5.11. The summed E-state index contributed by atoms with van der Waals surface area (Å²) in [5.74, 6) is -0.231. The van der Waals surface area contributed by atoms with Crippen LogP contribution in [0.2, 0.25) is 0 Å². The van der Waals surface area contributed by atoms with E-state index >= 15 is 0 Å². The maximum atomic E-state index is 13.3. The van der Waals surface area contributed by atoms with Crippen molar-refractivity contribution in [2.75, 3.05) is 7.05 Å². The monoisotopic (exact) mass is 511 g/mol. The fraction of sp³-hybridized carbons (Fsp3) is 0.200. The largest absolute Gasteiger partial charge is 0.313 e. The number of nitrogens with one attached hydrogen (secondary N) is 1. The van der Waals surface area contributed by atoms with Crippen LogP contribution in [0, 0.1) is 9.39 Å². The number of rotatable bonds is 4. The fourth-order valence-corrected chi connectivity index (χ4v) is 3.52. The summed E-state index contributed by atoms with van der Waals surface area (Å²) in [6, 6.07) is 11.6. The van der Waals surface area contributed by atoms with Crippen LogP contribution in [0.15, 0.2) is 45.3 Å². The first-order valence-corrected chi connectivity index (χ1v) is 8.74. The minimum absolute atomic E-state index is 0.177. The summed E-state index contributed by atoms with van der Waals surface area (Å²) in [7, 11) is 1.94. The standard InChI is InChI=1S/C15H13Br2FIN/c1-20-15(11-8-10(19)3-4-12(11)16)7-9-2-5-14(18)13(17)6-9/h2-6,8,15,20H,7H2,1H3.